The largest absolute Gasteiger partial charge is 0.463 e. The van der Waals surface area contributed by atoms with Crippen LogP contribution in [0.5, 0.6) is 6.01 Å². The summed E-state index contributed by atoms with van der Waals surface area (Å²) in [6.07, 6.45) is 0.884. The van der Waals surface area contributed by atoms with E-state index >= 15 is 0 Å². The van der Waals surface area contributed by atoms with Gasteiger partial charge in [0.05, 0.1) is 6.61 Å². The van der Waals surface area contributed by atoms with Crippen LogP contribution >= 0.6 is 11.3 Å². The van der Waals surface area contributed by atoms with Gasteiger partial charge in [0.2, 0.25) is 11.9 Å². The summed E-state index contributed by atoms with van der Waals surface area (Å²) in [7, 11) is 0. The molecule has 0 spiro atoms. The highest BCUT2D eigenvalue weighted by Gasteiger charge is 2.06. The van der Waals surface area contributed by atoms with E-state index in [1.807, 2.05) is 18.4 Å². The Balaban J connectivity index is 2.05. The third-order valence-electron chi connectivity index (χ3n) is 2.21. The summed E-state index contributed by atoms with van der Waals surface area (Å²) in [5, 5.41) is 7.19. The molecular formula is C11H16N6OS. The summed E-state index contributed by atoms with van der Waals surface area (Å²) in [5.41, 5.74) is 3.57. The van der Waals surface area contributed by atoms with Crippen molar-refractivity contribution in [1.82, 2.24) is 15.0 Å². The van der Waals surface area contributed by atoms with Gasteiger partial charge in [-0.2, -0.15) is 26.3 Å². The first kappa shape index (κ1) is 13.5. The molecule has 0 aromatic carbocycles. The normalized spacial score (nSPS) is 10.2. The summed E-state index contributed by atoms with van der Waals surface area (Å²) in [5.74, 6) is 6.03. The number of anilines is 2. The van der Waals surface area contributed by atoms with Gasteiger partial charge < -0.3 is 10.1 Å². The molecule has 102 valence electrons. The van der Waals surface area contributed by atoms with Crippen molar-refractivity contribution >= 4 is 23.2 Å². The van der Waals surface area contributed by atoms with Crippen LogP contribution in [0.2, 0.25) is 0 Å². The number of ether oxygens (including phenoxy) is 1. The van der Waals surface area contributed by atoms with Crippen LogP contribution < -0.4 is 21.3 Å². The number of thiophene rings is 1. The fourth-order valence-corrected chi connectivity index (χ4v) is 2.00. The van der Waals surface area contributed by atoms with Crippen molar-refractivity contribution < 1.29 is 4.74 Å². The van der Waals surface area contributed by atoms with Crippen LogP contribution in [0.15, 0.2) is 16.8 Å². The van der Waals surface area contributed by atoms with Crippen molar-refractivity contribution in [3.8, 4) is 6.01 Å². The van der Waals surface area contributed by atoms with Crippen molar-refractivity contribution in [2.24, 2.45) is 5.84 Å². The van der Waals surface area contributed by atoms with E-state index in [9.17, 15) is 0 Å². The summed E-state index contributed by atoms with van der Waals surface area (Å²) < 4.78 is 5.38. The Bertz CT molecular complexity index is 504. The summed E-state index contributed by atoms with van der Waals surface area (Å²) in [6.45, 7) is 3.21. The standard InChI is InChI=1S/C11H16N6OS/c1-2-4-18-11-15-9(14-10(16-11)17-12)13-6-8-3-5-19-7-8/h3,5,7H,2,4,6,12H2,1H3,(H2,13,14,15,16,17). The van der Waals surface area contributed by atoms with E-state index in [4.69, 9.17) is 10.6 Å². The first-order valence-corrected chi connectivity index (χ1v) is 6.86. The van der Waals surface area contributed by atoms with Gasteiger partial charge in [-0.1, -0.05) is 6.92 Å². The van der Waals surface area contributed by atoms with Gasteiger partial charge in [0, 0.05) is 6.54 Å². The lowest BCUT2D eigenvalue weighted by Crippen LogP contribution is -2.14. The molecule has 0 fully saturated rings. The van der Waals surface area contributed by atoms with Crippen LogP contribution in [0, 0.1) is 0 Å². The Morgan fingerprint density at radius 3 is 2.84 bits per heavy atom. The Morgan fingerprint density at radius 2 is 2.16 bits per heavy atom. The second-order valence-corrected chi connectivity index (χ2v) is 4.52. The molecule has 2 rings (SSSR count). The third-order valence-corrected chi connectivity index (χ3v) is 2.94. The van der Waals surface area contributed by atoms with E-state index in [1.54, 1.807) is 11.3 Å². The van der Waals surface area contributed by atoms with E-state index in [2.05, 4.69) is 31.1 Å². The first-order valence-electron chi connectivity index (χ1n) is 5.92. The predicted molar refractivity (Wildman–Crippen MR) is 75.1 cm³/mol. The Morgan fingerprint density at radius 1 is 1.32 bits per heavy atom. The average Bonchev–Trinajstić information content (AvgIpc) is 2.96. The Labute approximate surface area is 115 Å². The average molecular weight is 280 g/mol. The highest BCUT2D eigenvalue weighted by molar-refractivity contribution is 7.07. The maximum Gasteiger partial charge on any atom is 0.323 e. The molecule has 0 unspecified atom stereocenters. The first-order chi connectivity index (χ1) is 9.31. The summed E-state index contributed by atoms with van der Waals surface area (Å²) >= 11 is 1.65. The second kappa shape index (κ2) is 6.86. The molecule has 0 amide bonds. The number of rotatable bonds is 7. The van der Waals surface area contributed by atoms with Crippen LogP contribution in [-0.4, -0.2) is 21.6 Å². The maximum absolute atomic E-state index is 5.38. The topological polar surface area (TPSA) is 98.0 Å². The molecule has 2 aromatic rings. The molecule has 2 aromatic heterocycles. The Kier molecular flexibility index (Phi) is 4.87. The molecule has 0 aliphatic rings. The lowest BCUT2D eigenvalue weighted by Gasteiger charge is -2.08. The zero-order valence-electron chi connectivity index (χ0n) is 10.6. The molecular weight excluding hydrogens is 264 g/mol. The molecule has 0 radical (unpaired) electrons. The predicted octanol–water partition coefficient (Wildman–Crippen LogP) is 1.62. The molecule has 0 saturated carbocycles. The van der Waals surface area contributed by atoms with E-state index in [1.165, 1.54) is 5.56 Å². The fraction of sp³-hybridized carbons (Fsp3) is 0.364. The number of hydrazine groups is 1. The number of nitrogen functional groups attached to an aromatic ring is 1. The fourth-order valence-electron chi connectivity index (χ4n) is 1.33. The van der Waals surface area contributed by atoms with Gasteiger partial charge in [-0.3, -0.25) is 5.43 Å². The lowest BCUT2D eigenvalue weighted by atomic mass is 10.3. The number of nitrogens with two attached hydrogens (primary N) is 1. The minimum absolute atomic E-state index is 0.262. The molecule has 7 nitrogen and oxygen atoms in total. The minimum Gasteiger partial charge on any atom is -0.463 e. The van der Waals surface area contributed by atoms with Crippen LogP contribution in [0.25, 0.3) is 0 Å². The van der Waals surface area contributed by atoms with Crippen molar-refractivity contribution in [1.29, 1.82) is 0 Å². The molecule has 8 heteroatoms. The van der Waals surface area contributed by atoms with E-state index in [-0.39, 0.29) is 12.0 Å². The Hall–Kier alpha value is -1.93. The zero-order valence-corrected chi connectivity index (χ0v) is 11.4. The van der Waals surface area contributed by atoms with E-state index < -0.39 is 0 Å². The molecule has 19 heavy (non-hydrogen) atoms. The number of hydrogen-bond acceptors (Lipinski definition) is 8. The summed E-state index contributed by atoms with van der Waals surface area (Å²) in [4.78, 5) is 12.3. The summed E-state index contributed by atoms with van der Waals surface area (Å²) in [6, 6.07) is 2.30. The second-order valence-electron chi connectivity index (χ2n) is 3.74. The van der Waals surface area contributed by atoms with Crippen LogP contribution in [0.4, 0.5) is 11.9 Å². The molecule has 4 N–H and O–H groups in total. The number of nitrogens with one attached hydrogen (secondary N) is 2. The van der Waals surface area contributed by atoms with Crippen molar-refractivity contribution in [3.63, 3.8) is 0 Å². The van der Waals surface area contributed by atoms with Crippen molar-refractivity contribution in [2.75, 3.05) is 17.3 Å². The van der Waals surface area contributed by atoms with Gasteiger partial charge >= 0.3 is 6.01 Å². The van der Waals surface area contributed by atoms with E-state index in [0.29, 0.717) is 19.1 Å². The van der Waals surface area contributed by atoms with Gasteiger partial charge in [-0.15, -0.1) is 0 Å². The van der Waals surface area contributed by atoms with Crippen LogP contribution in [0.1, 0.15) is 18.9 Å². The number of hydrogen-bond donors (Lipinski definition) is 3. The van der Waals surface area contributed by atoms with Gasteiger partial charge in [0.1, 0.15) is 0 Å². The smallest absolute Gasteiger partial charge is 0.323 e. The van der Waals surface area contributed by atoms with Crippen LogP contribution in [0.3, 0.4) is 0 Å². The molecule has 0 atom stereocenters. The molecule has 0 bridgehead atoms. The quantitative estimate of drug-likeness (QED) is 0.523. The highest BCUT2D eigenvalue weighted by atomic mass is 32.1. The third kappa shape index (κ3) is 4.04. The van der Waals surface area contributed by atoms with Gasteiger partial charge in [-0.25, -0.2) is 5.84 Å². The van der Waals surface area contributed by atoms with Crippen molar-refractivity contribution in [2.45, 2.75) is 19.9 Å². The number of aromatic nitrogens is 3. The van der Waals surface area contributed by atoms with Gasteiger partial charge in [0.15, 0.2) is 0 Å². The number of nitrogens with zero attached hydrogens (tertiary/aromatic N) is 3. The molecule has 0 saturated heterocycles. The maximum atomic E-state index is 5.38. The van der Waals surface area contributed by atoms with Crippen LogP contribution in [-0.2, 0) is 6.54 Å². The molecule has 0 aliphatic heterocycles. The van der Waals surface area contributed by atoms with Gasteiger partial charge in [0.25, 0.3) is 0 Å². The molecule has 2 heterocycles. The van der Waals surface area contributed by atoms with Gasteiger partial charge in [-0.05, 0) is 28.8 Å². The zero-order chi connectivity index (χ0) is 13.5. The lowest BCUT2D eigenvalue weighted by molar-refractivity contribution is 0.292. The van der Waals surface area contributed by atoms with Crippen molar-refractivity contribution in [3.05, 3.63) is 22.4 Å². The highest BCUT2D eigenvalue weighted by Crippen LogP contribution is 2.13. The monoisotopic (exact) mass is 280 g/mol. The molecule has 0 aliphatic carbocycles. The van der Waals surface area contributed by atoms with E-state index in [0.717, 1.165) is 6.42 Å². The SMILES string of the molecule is CCCOc1nc(NN)nc(NCc2ccsc2)n1. The minimum atomic E-state index is 0.262.